The number of carbonyl (C=O) groups is 1. The van der Waals surface area contributed by atoms with Crippen LogP contribution in [0, 0.1) is 17.8 Å². The lowest BCUT2D eigenvalue weighted by molar-refractivity contribution is -0.148. The largest absolute Gasteiger partial charge is 0.494 e. The monoisotopic (exact) mass is 476 g/mol. The summed E-state index contributed by atoms with van der Waals surface area (Å²) >= 11 is 0. The van der Waals surface area contributed by atoms with Gasteiger partial charge in [-0.15, -0.1) is 0 Å². The molecule has 2 aromatic carbocycles. The average Bonchev–Trinajstić information content (AvgIpc) is 2.88. The third kappa shape index (κ3) is 9.32. The number of aryl methyl sites for hydroxylation is 1. The maximum Gasteiger partial charge on any atom is 0.309 e. The van der Waals surface area contributed by atoms with E-state index in [1.54, 1.807) is 0 Å². The molecule has 4 heteroatoms. The van der Waals surface area contributed by atoms with E-state index in [4.69, 9.17) is 14.2 Å². The minimum Gasteiger partial charge on any atom is -0.494 e. The van der Waals surface area contributed by atoms with Crippen LogP contribution in [0.1, 0.15) is 81.9 Å². The first-order valence-electron chi connectivity index (χ1n) is 13.3. The van der Waals surface area contributed by atoms with Crippen molar-refractivity contribution < 1.29 is 19.0 Å². The van der Waals surface area contributed by atoms with Gasteiger partial charge < -0.3 is 14.2 Å². The average molecular weight is 477 g/mol. The molecule has 0 bridgehead atoms. The minimum absolute atomic E-state index is 0.0304. The Bertz CT molecular complexity index is 968. The molecule has 0 radical (unpaired) electrons. The second kappa shape index (κ2) is 15.1. The fraction of sp³-hybridized carbons (Fsp3) is 0.516. The van der Waals surface area contributed by atoms with Gasteiger partial charge in [-0.05, 0) is 80.1 Å². The predicted octanol–water partition coefficient (Wildman–Crippen LogP) is 6.91. The standard InChI is InChI=1S/C31H40O4/c1-3-5-6-7-8-9-10-21-34-29-18-13-25(14-19-29)12-11-22-35-30-20-17-26-23-28(31(32)33-4-2)16-15-27(26)24-30/h13-14,17-20,24,28H,3-10,15-16,21-23H2,1-2H3. The molecule has 0 aliphatic heterocycles. The summed E-state index contributed by atoms with van der Waals surface area (Å²) in [7, 11) is 0. The van der Waals surface area contributed by atoms with E-state index in [0.29, 0.717) is 13.2 Å². The van der Waals surface area contributed by atoms with E-state index in [2.05, 4.69) is 30.9 Å². The van der Waals surface area contributed by atoms with Gasteiger partial charge in [0.25, 0.3) is 0 Å². The lowest BCUT2D eigenvalue weighted by Gasteiger charge is -2.23. The maximum atomic E-state index is 12.0. The Kier molecular flexibility index (Phi) is 11.5. The lowest BCUT2D eigenvalue weighted by Crippen LogP contribution is -2.24. The Labute approximate surface area is 211 Å². The summed E-state index contributed by atoms with van der Waals surface area (Å²) in [5, 5.41) is 0. The van der Waals surface area contributed by atoms with Crippen molar-refractivity contribution in [1.82, 2.24) is 0 Å². The molecule has 35 heavy (non-hydrogen) atoms. The van der Waals surface area contributed by atoms with Crippen molar-refractivity contribution in [3.63, 3.8) is 0 Å². The highest BCUT2D eigenvalue weighted by molar-refractivity contribution is 5.73. The SMILES string of the molecule is CCCCCCCCCOc1ccc(C#CCOc2ccc3c(c2)CCC(C(=O)OCC)C3)cc1. The van der Waals surface area contributed by atoms with Gasteiger partial charge in [-0.3, -0.25) is 4.79 Å². The minimum atomic E-state index is -0.0819. The van der Waals surface area contributed by atoms with Gasteiger partial charge in [0.2, 0.25) is 0 Å². The summed E-state index contributed by atoms with van der Waals surface area (Å²) in [4.78, 5) is 12.0. The van der Waals surface area contributed by atoms with Gasteiger partial charge in [0.1, 0.15) is 18.1 Å². The Balaban J connectivity index is 1.36. The lowest BCUT2D eigenvalue weighted by atomic mass is 9.84. The molecule has 0 fully saturated rings. The molecule has 0 saturated heterocycles. The van der Waals surface area contributed by atoms with Gasteiger partial charge in [-0.2, -0.15) is 0 Å². The number of benzene rings is 2. The topological polar surface area (TPSA) is 44.8 Å². The third-order valence-corrected chi connectivity index (χ3v) is 6.44. The molecular weight excluding hydrogens is 436 g/mol. The Morgan fingerprint density at radius 3 is 2.40 bits per heavy atom. The zero-order chi connectivity index (χ0) is 24.7. The summed E-state index contributed by atoms with van der Waals surface area (Å²) in [6, 6.07) is 14.1. The van der Waals surface area contributed by atoms with Gasteiger partial charge in [0.05, 0.1) is 19.1 Å². The molecule has 0 N–H and O–H groups in total. The van der Waals surface area contributed by atoms with Crippen LogP contribution in [0.4, 0.5) is 0 Å². The predicted molar refractivity (Wildman–Crippen MR) is 141 cm³/mol. The number of carbonyl (C=O) groups excluding carboxylic acids is 1. The first kappa shape index (κ1) is 26.7. The first-order chi connectivity index (χ1) is 17.2. The summed E-state index contributed by atoms with van der Waals surface area (Å²) in [6.07, 6.45) is 11.5. The van der Waals surface area contributed by atoms with E-state index in [9.17, 15) is 4.79 Å². The van der Waals surface area contributed by atoms with Gasteiger partial charge in [-0.25, -0.2) is 0 Å². The van der Waals surface area contributed by atoms with Gasteiger partial charge in [-0.1, -0.05) is 63.4 Å². The number of ether oxygens (including phenoxy) is 3. The maximum absolute atomic E-state index is 12.0. The van der Waals surface area contributed by atoms with Crippen molar-refractivity contribution in [3.05, 3.63) is 59.2 Å². The molecule has 4 nitrogen and oxygen atoms in total. The van der Waals surface area contributed by atoms with E-state index in [-0.39, 0.29) is 11.9 Å². The number of hydrogen-bond acceptors (Lipinski definition) is 4. The number of fused-ring (bicyclic) bond motifs is 1. The van der Waals surface area contributed by atoms with Crippen molar-refractivity contribution >= 4 is 5.97 Å². The third-order valence-electron chi connectivity index (χ3n) is 6.44. The molecule has 188 valence electrons. The van der Waals surface area contributed by atoms with E-state index in [0.717, 1.165) is 49.4 Å². The molecule has 1 aliphatic rings. The van der Waals surface area contributed by atoms with Gasteiger partial charge >= 0.3 is 5.97 Å². The van der Waals surface area contributed by atoms with Crippen molar-refractivity contribution in [3.8, 4) is 23.3 Å². The van der Waals surface area contributed by atoms with Crippen LogP contribution in [-0.2, 0) is 22.4 Å². The first-order valence-corrected chi connectivity index (χ1v) is 13.3. The number of rotatable bonds is 13. The molecular formula is C31H40O4. The summed E-state index contributed by atoms with van der Waals surface area (Å²) < 4.78 is 16.9. The Morgan fingerprint density at radius 2 is 1.63 bits per heavy atom. The van der Waals surface area contributed by atoms with Crippen molar-refractivity contribution in [2.75, 3.05) is 19.8 Å². The molecule has 1 unspecified atom stereocenters. The zero-order valence-electron chi connectivity index (χ0n) is 21.4. The fourth-order valence-corrected chi connectivity index (χ4v) is 4.42. The van der Waals surface area contributed by atoms with Crippen LogP contribution in [0.5, 0.6) is 11.5 Å². The van der Waals surface area contributed by atoms with Crippen LogP contribution < -0.4 is 9.47 Å². The highest BCUT2D eigenvalue weighted by Crippen LogP contribution is 2.29. The van der Waals surface area contributed by atoms with Crippen LogP contribution in [0.3, 0.4) is 0 Å². The highest BCUT2D eigenvalue weighted by Gasteiger charge is 2.25. The highest BCUT2D eigenvalue weighted by atomic mass is 16.5. The Morgan fingerprint density at radius 1 is 0.886 bits per heavy atom. The molecule has 1 atom stereocenters. The number of esters is 1. The van der Waals surface area contributed by atoms with Crippen molar-refractivity contribution in [2.24, 2.45) is 5.92 Å². The second-order valence-corrected chi connectivity index (χ2v) is 9.21. The summed E-state index contributed by atoms with van der Waals surface area (Å²) in [5.41, 5.74) is 3.41. The van der Waals surface area contributed by atoms with E-state index in [1.165, 1.54) is 49.7 Å². The molecule has 1 aliphatic carbocycles. The van der Waals surface area contributed by atoms with Crippen molar-refractivity contribution in [2.45, 2.75) is 78.1 Å². The van der Waals surface area contributed by atoms with E-state index in [1.807, 2.05) is 37.3 Å². The molecule has 0 amide bonds. The summed E-state index contributed by atoms with van der Waals surface area (Å²) in [5.74, 6) is 7.85. The van der Waals surface area contributed by atoms with Gasteiger partial charge in [0, 0.05) is 5.56 Å². The normalized spacial score (nSPS) is 14.4. The molecule has 0 spiro atoms. The second-order valence-electron chi connectivity index (χ2n) is 9.21. The van der Waals surface area contributed by atoms with Crippen LogP contribution in [0.2, 0.25) is 0 Å². The van der Waals surface area contributed by atoms with Crippen molar-refractivity contribution in [1.29, 1.82) is 0 Å². The van der Waals surface area contributed by atoms with Crippen LogP contribution in [0.25, 0.3) is 0 Å². The quantitative estimate of drug-likeness (QED) is 0.179. The summed E-state index contributed by atoms with van der Waals surface area (Å²) in [6.45, 7) is 5.65. The molecule has 0 aromatic heterocycles. The molecule has 0 heterocycles. The van der Waals surface area contributed by atoms with Crippen LogP contribution in [0.15, 0.2) is 42.5 Å². The molecule has 3 rings (SSSR count). The van der Waals surface area contributed by atoms with Crippen LogP contribution >= 0.6 is 0 Å². The number of unbranched alkanes of at least 4 members (excludes halogenated alkanes) is 6. The fourth-order valence-electron chi connectivity index (χ4n) is 4.42. The van der Waals surface area contributed by atoms with Gasteiger partial charge in [0.15, 0.2) is 0 Å². The number of hydrogen-bond donors (Lipinski definition) is 0. The van der Waals surface area contributed by atoms with E-state index < -0.39 is 0 Å². The molecule has 2 aromatic rings. The van der Waals surface area contributed by atoms with Crippen LogP contribution in [-0.4, -0.2) is 25.8 Å². The smallest absolute Gasteiger partial charge is 0.309 e. The van der Waals surface area contributed by atoms with E-state index >= 15 is 0 Å². The Hall–Kier alpha value is -2.93. The molecule has 0 saturated carbocycles. The zero-order valence-corrected chi connectivity index (χ0v) is 21.4.